The van der Waals surface area contributed by atoms with E-state index in [1.54, 1.807) is 0 Å². The molecule has 5 nitrogen and oxygen atoms in total. The number of benzene rings is 1. The number of aromatic carboxylic acids is 2. The first-order valence-corrected chi connectivity index (χ1v) is 4.82. The van der Waals surface area contributed by atoms with Gasteiger partial charge in [0.15, 0.2) is 0 Å². The van der Waals surface area contributed by atoms with E-state index in [4.69, 9.17) is 10.2 Å². The van der Waals surface area contributed by atoms with Crippen LogP contribution in [0.3, 0.4) is 0 Å². The zero-order chi connectivity index (χ0) is 11.6. The Morgan fingerprint density at radius 2 is 1.53 bits per heavy atom. The van der Waals surface area contributed by atoms with Gasteiger partial charge in [0.25, 0.3) is 0 Å². The molecule has 0 aromatic heterocycles. The smallest absolute Gasteiger partial charge is 0.336 e. The van der Waals surface area contributed by atoms with Crippen LogP contribution in [0.25, 0.3) is 0 Å². The molecule has 1 rings (SSSR count). The lowest BCUT2D eigenvalue weighted by Gasteiger charge is -2.02. The Labute approximate surface area is 97.9 Å². The Kier molecular flexibility index (Phi) is 3.40. The molecule has 15 heavy (non-hydrogen) atoms. The van der Waals surface area contributed by atoms with Crippen molar-refractivity contribution in [3.05, 3.63) is 34.9 Å². The number of hydrogen-bond donors (Lipinski definition) is 2. The van der Waals surface area contributed by atoms with Crippen LogP contribution < -0.4 is 0 Å². The highest BCUT2D eigenvalue weighted by Crippen LogP contribution is 2.15. The summed E-state index contributed by atoms with van der Waals surface area (Å²) in [5.74, 6) is -2.70. The van der Waals surface area contributed by atoms with Gasteiger partial charge in [0.2, 0.25) is 3.79 Å². The van der Waals surface area contributed by atoms with Gasteiger partial charge in [0.05, 0.1) is 11.1 Å². The van der Waals surface area contributed by atoms with Gasteiger partial charge in [-0.3, -0.25) is 4.79 Å². The van der Waals surface area contributed by atoms with Crippen LogP contribution in [0, 0.1) is 0 Å². The van der Waals surface area contributed by atoms with Crippen molar-refractivity contribution < 1.29 is 24.6 Å². The van der Waals surface area contributed by atoms with Crippen molar-refractivity contribution in [3.8, 4) is 0 Å². The molecule has 0 radical (unpaired) electrons. The summed E-state index contributed by atoms with van der Waals surface area (Å²) >= 11 is 1.50. The predicted molar refractivity (Wildman–Crippen MR) is 58.7 cm³/mol. The summed E-state index contributed by atoms with van der Waals surface area (Å²) in [5.41, 5.74) is -0.549. The van der Waals surface area contributed by atoms with Crippen molar-refractivity contribution in [1.82, 2.24) is 0 Å². The normalized spacial score (nSPS) is 9.67. The first kappa shape index (κ1) is 11.6. The summed E-state index contributed by atoms with van der Waals surface area (Å²) in [7, 11) is 0. The van der Waals surface area contributed by atoms with Crippen LogP contribution in [0.2, 0.25) is 0 Å². The molecule has 0 aliphatic heterocycles. The van der Waals surface area contributed by atoms with Crippen molar-refractivity contribution >= 4 is 38.3 Å². The first-order chi connectivity index (χ1) is 6.93. The second-order valence-corrected chi connectivity index (χ2v) is 3.62. The van der Waals surface area contributed by atoms with Crippen LogP contribution in [0.4, 0.5) is 0 Å². The molecule has 0 heterocycles. The largest absolute Gasteiger partial charge is 0.478 e. The van der Waals surface area contributed by atoms with Crippen LogP contribution in [0.15, 0.2) is 18.2 Å². The third-order valence-electron chi connectivity index (χ3n) is 1.71. The Balaban J connectivity index is 3.40. The zero-order valence-electron chi connectivity index (χ0n) is 7.23. The lowest BCUT2D eigenvalue weighted by Crippen LogP contribution is -2.09. The number of rotatable bonds is 3. The Hall–Kier alpha value is -1.44. The predicted octanol–water partition coefficient (Wildman–Crippen LogP) is 1.66. The molecule has 0 aliphatic carbocycles. The highest BCUT2D eigenvalue weighted by Gasteiger charge is 2.17. The quantitative estimate of drug-likeness (QED) is 0.653. The fourth-order valence-corrected chi connectivity index (χ4v) is 1.37. The Morgan fingerprint density at radius 3 is 1.93 bits per heavy atom. The average molecular weight is 320 g/mol. The van der Waals surface area contributed by atoms with E-state index >= 15 is 0 Å². The van der Waals surface area contributed by atoms with Crippen LogP contribution in [0.1, 0.15) is 31.1 Å². The van der Waals surface area contributed by atoms with Crippen LogP contribution >= 0.6 is 22.6 Å². The number of carboxylic acids is 2. The number of halogens is 1. The monoisotopic (exact) mass is 320 g/mol. The molecule has 0 amide bonds. The standard InChI is InChI=1S/C9H5IO5/c10-7(11)4-1-2-5(8(12)13)6(3-4)9(14)15/h1-3H,(H,12,13)(H,14,15). The molecule has 1 aromatic rings. The second kappa shape index (κ2) is 4.39. The minimum absolute atomic E-state index is 0.165. The minimum atomic E-state index is -1.37. The lowest BCUT2D eigenvalue weighted by molar-refractivity contribution is 0.0651. The van der Waals surface area contributed by atoms with E-state index in [0.717, 1.165) is 12.1 Å². The lowest BCUT2D eigenvalue weighted by atomic mass is 10.0. The van der Waals surface area contributed by atoms with Gasteiger partial charge < -0.3 is 10.2 Å². The molecular formula is C9H5IO5. The van der Waals surface area contributed by atoms with E-state index in [1.807, 2.05) is 0 Å². The van der Waals surface area contributed by atoms with E-state index in [2.05, 4.69) is 0 Å². The highest BCUT2D eigenvalue weighted by atomic mass is 127. The van der Waals surface area contributed by atoms with Crippen molar-refractivity contribution in [1.29, 1.82) is 0 Å². The van der Waals surface area contributed by atoms with Gasteiger partial charge >= 0.3 is 11.9 Å². The van der Waals surface area contributed by atoms with E-state index in [9.17, 15) is 14.4 Å². The van der Waals surface area contributed by atoms with E-state index < -0.39 is 11.9 Å². The van der Waals surface area contributed by atoms with Crippen molar-refractivity contribution in [2.24, 2.45) is 0 Å². The summed E-state index contributed by atoms with van der Waals surface area (Å²) in [6.07, 6.45) is 0. The molecule has 78 valence electrons. The van der Waals surface area contributed by atoms with Gasteiger partial charge in [-0.2, -0.15) is 0 Å². The first-order valence-electron chi connectivity index (χ1n) is 3.74. The summed E-state index contributed by atoms with van der Waals surface area (Å²) in [4.78, 5) is 32.3. The van der Waals surface area contributed by atoms with Crippen molar-refractivity contribution in [2.75, 3.05) is 0 Å². The number of carboxylic acid groups (broad SMARTS) is 2. The Bertz CT molecular complexity index is 452. The summed E-state index contributed by atoms with van der Waals surface area (Å²) in [6, 6.07) is 3.45. The third-order valence-corrected chi connectivity index (χ3v) is 2.33. The van der Waals surface area contributed by atoms with Crippen LogP contribution in [-0.2, 0) is 0 Å². The fourth-order valence-electron chi connectivity index (χ4n) is 1.03. The van der Waals surface area contributed by atoms with E-state index in [-0.39, 0.29) is 20.5 Å². The van der Waals surface area contributed by atoms with Crippen molar-refractivity contribution in [3.63, 3.8) is 0 Å². The van der Waals surface area contributed by atoms with E-state index in [0.29, 0.717) is 0 Å². The molecule has 2 N–H and O–H groups in total. The van der Waals surface area contributed by atoms with Gasteiger partial charge in [-0.15, -0.1) is 0 Å². The number of carbonyl (C=O) groups excluding carboxylic acids is 1. The third kappa shape index (κ3) is 2.52. The van der Waals surface area contributed by atoms with Crippen LogP contribution in [-0.4, -0.2) is 25.9 Å². The van der Waals surface area contributed by atoms with E-state index in [1.165, 1.54) is 28.7 Å². The maximum Gasteiger partial charge on any atom is 0.336 e. The van der Waals surface area contributed by atoms with Gasteiger partial charge in [-0.05, 0) is 18.2 Å². The topological polar surface area (TPSA) is 91.7 Å². The molecule has 0 unspecified atom stereocenters. The highest BCUT2D eigenvalue weighted by molar-refractivity contribution is 14.1. The molecule has 0 aliphatic rings. The molecule has 0 saturated heterocycles. The molecular weight excluding hydrogens is 315 g/mol. The molecule has 0 saturated carbocycles. The van der Waals surface area contributed by atoms with Gasteiger partial charge in [0.1, 0.15) is 0 Å². The van der Waals surface area contributed by atoms with Crippen LogP contribution in [0.5, 0.6) is 0 Å². The molecule has 6 heteroatoms. The number of carbonyl (C=O) groups is 3. The number of hydrogen-bond acceptors (Lipinski definition) is 3. The maximum absolute atomic E-state index is 10.9. The molecule has 0 atom stereocenters. The average Bonchev–Trinajstić information content (AvgIpc) is 2.16. The van der Waals surface area contributed by atoms with Crippen molar-refractivity contribution in [2.45, 2.75) is 0 Å². The van der Waals surface area contributed by atoms with Gasteiger partial charge in [0, 0.05) is 28.2 Å². The Morgan fingerprint density at radius 1 is 1.00 bits per heavy atom. The zero-order valence-corrected chi connectivity index (χ0v) is 9.39. The molecule has 0 spiro atoms. The maximum atomic E-state index is 10.9. The van der Waals surface area contributed by atoms with Gasteiger partial charge in [-0.1, -0.05) is 0 Å². The summed E-state index contributed by atoms with van der Waals surface area (Å²) < 4.78 is -0.341. The second-order valence-electron chi connectivity index (χ2n) is 2.64. The minimum Gasteiger partial charge on any atom is -0.478 e. The molecule has 0 fully saturated rings. The fraction of sp³-hybridized carbons (Fsp3) is 0. The summed E-state index contributed by atoms with van der Waals surface area (Å²) in [5, 5.41) is 17.4. The SMILES string of the molecule is O=C(I)c1ccc(C(=O)O)c(C(=O)O)c1. The summed E-state index contributed by atoms with van der Waals surface area (Å²) in [6.45, 7) is 0. The van der Waals surface area contributed by atoms with Gasteiger partial charge in [-0.25, -0.2) is 9.59 Å². The molecule has 0 bridgehead atoms. The molecule has 1 aromatic carbocycles.